The van der Waals surface area contributed by atoms with Gasteiger partial charge >= 0.3 is 0 Å². The fraction of sp³-hybridized carbons (Fsp3) is 0.188. The summed E-state index contributed by atoms with van der Waals surface area (Å²) in [6.45, 7) is 0. The zero-order valence-electron chi connectivity index (χ0n) is 11.3. The Kier molecular flexibility index (Phi) is 4.85. The van der Waals surface area contributed by atoms with Crippen molar-refractivity contribution >= 4 is 15.6 Å². The summed E-state index contributed by atoms with van der Waals surface area (Å²) in [6, 6.07) is 13.6. The highest BCUT2D eigenvalue weighted by Crippen LogP contribution is 2.15. The Morgan fingerprint density at radius 3 is 2.38 bits per heavy atom. The van der Waals surface area contributed by atoms with Gasteiger partial charge in [0.2, 0.25) is 0 Å². The van der Waals surface area contributed by atoms with Crippen LogP contribution in [0, 0.1) is 5.82 Å². The number of carbonyl (C=O) groups excluding carboxylic acids is 1. The van der Waals surface area contributed by atoms with Gasteiger partial charge in [0.1, 0.15) is 5.82 Å². The van der Waals surface area contributed by atoms with E-state index < -0.39 is 15.7 Å². The molecule has 2 aromatic carbocycles. The van der Waals surface area contributed by atoms with Gasteiger partial charge in [-0.15, -0.1) is 0 Å². The second-order valence-electron chi connectivity index (χ2n) is 4.67. The first-order chi connectivity index (χ1) is 9.99. The topological polar surface area (TPSA) is 51.2 Å². The molecule has 0 fully saturated rings. The van der Waals surface area contributed by atoms with Crippen molar-refractivity contribution < 1.29 is 17.6 Å². The molecule has 0 heterocycles. The standard InChI is InChI=1S/C16H15FO3S/c17-14-8-4-9-15(12-14)21(19,20)11-5-10-16(18)13-6-2-1-3-7-13/h1-4,6-9,12H,5,10-11H2. The zero-order chi connectivity index (χ0) is 15.3. The summed E-state index contributed by atoms with van der Waals surface area (Å²) in [5.74, 6) is -0.851. The lowest BCUT2D eigenvalue weighted by Crippen LogP contribution is -2.09. The van der Waals surface area contributed by atoms with Gasteiger partial charge in [0.05, 0.1) is 10.6 Å². The molecule has 0 amide bonds. The molecule has 0 saturated carbocycles. The zero-order valence-corrected chi connectivity index (χ0v) is 12.1. The number of Topliss-reactive ketones (excluding diaryl/α,β-unsaturated/α-hetero) is 1. The predicted octanol–water partition coefficient (Wildman–Crippen LogP) is 3.26. The van der Waals surface area contributed by atoms with E-state index in [1.165, 1.54) is 18.2 Å². The van der Waals surface area contributed by atoms with Crippen LogP contribution in [0.4, 0.5) is 4.39 Å². The second kappa shape index (κ2) is 6.63. The highest BCUT2D eigenvalue weighted by Gasteiger charge is 2.16. The van der Waals surface area contributed by atoms with E-state index in [9.17, 15) is 17.6 Å². The van der Waals surface area contributed by atoms with Gasteiger partial charge in [-0.2, -0.15) is 0 Å². The smallest absolute Gasteiger partial charge is 0.178 e. The molecule has 0 atom stereocenters. The third-order valence-electron chi connectivity index (χ3n) is 3.07. The van der Waals surface area contributed by atoms with Crippen molar-refractivity contribution in [2.24, 2.45) is 0 Å². The van der Waals surface area contributed by atoms with Crippen LogP contribution >= 0.6 is 0 Å². The number of benzene rings is 2. The average Bonchev–Trinajstić information content (AvgIpc) is 2.48. The number of hydrogen-bond acceptors (Lipinski definition) is 3. The Labute approximate surface area is 123 Å². The average molecular weight is 306 g/mol. The normalized spacial score (nSPS) is 11.3. The lowest BCUT2D eigenvalue weighted by atomic mass is 10.1. The predicted molar refractivity (Wildman–Crippen MR) is 78.5 cm³/mol. The minimum atomic E-state index is -3.55. The van der Waals surface area contributed by atoms with Crippen molar-refractivity contribution in [2.45, 2.75) is 17.7 Å². The summed E-state index contributed by atoms with van der Waals surface area (Å²) in [7, 11) is -3.55. The Morgan fingerprint density at radius 2 is 1.71 bits per heavy atom. The molecule has 0 N–H and O–H groups in total. The second-order valence-corrected chi connectivity index (χ2v) is 6.78. The molecule has 5 heteroatoms. The van der Waals surface area contributed by atoms with Crippen molar-refractivity contribution in [1.82, 2.24) is 0 Å². The summed E-state index contributed by atoms with van der Waals surface area (Å²) < 4.78 is 37.1. The molecule has 0 aliphatic heterocycles. The first-order valence-corrected chi connectivity index (χ1v) is 8.21. The van der Waals surface area contributed by atoms with Gasteiger partial charge in [0.25, 0.3) is 0 Å². The van der Waals surface area contributed by atoms with E-state index in [0.29, 0.717) is 5.56 Å². The minimum absolute atomic E-state index is 0.0466. The highest BCUT2D eigenvalue weighted by molar-refractivity contribution is 7.91. The number of halogens is 1. The van der Waals surface area contributed by atoms with Crippen molar-refractivity contribution in [3.63, 3.8) is 0 Å². The number of hydrogen-bond donors (Lipinski definition) is 0. The van der Waals surface area contributed by atoms with Crippen LogP contribution in [0.25, 0.3) is 0 Å². The molecule has 21 heavy (non-hydrogen) atoms. The van der Waals surface area contributed by atoms with Crippen LogP contribution < -0.4 is 0 Å². The van der Waals surface area contributed by atoms with Gasteiger partial charge in [-0.3, -0.25) is 4.79 Å². The van der Waals surface area contributed by atoms with Crippen molar-refractivity contribution in [3.8, 4) is 0 Å². The van der Waals surface area contributed by atoms with E-state index in [0.717, 1.165) is 6.07 Å². The lowest BCUT2D eigenvalue weighted by Gasteiger charge is -2.04. The Balaban J connectivity index is 1.95. The Morgan fingerprint density at radius 1 is 1.00 bits per heavy atom. The first-order valence-electron chi connectivity index (χ1n) is 6.55. The maximum Gasteiger partial charge on any atom is 0.178 e. The number of ketones is 1. The quantitative estimate of drug-likeness (QED) is 0.770. The van der Waals surface area contributed by atoms with Crippen LogP contribution in [0.2, 0.25) is 0 Å². The largest absolute Gasteiger partial charge is 0.294 e. The van der Waals surface area contributed by atoms with E-state index in [4.69, 9.17) is 0 Å². The fourth-order valence-corrected chi connectivity index (χ4v) is 3.31. The molecule has 0 aliphatic carbocycles. The molecule has 0 bridgehead atoms. The van der Waals surface area contributed by atoms with E-state index in [1.807, 2.05) is 6.07 Å². The molecule has 0 aromatic heterocycles. The maximum atomic E-state index is 13.1. The van der Waals surface area contributed by atoms with E-state index in [1.54, 1.807) is 24.3 Å². The van der Waals surface area contributed by atoms with Gasteiger partial charge in [0, 0.05) is 12.0 Å². The summed E-state index contributed by atoms with van der Waals surface area (Å²) >= 11 is 0. The van der Waals surface area contributed by atoms with Gasteiger partial charge in [-0.1, -0.05) is 36.4 Å². The van der Waals surface area contributed by atoms with Crippen LogP contribution in [0.5, 0.6) is 0 Å². The Bertz CT molecular complexity index is 724. The third-order valence-corrected chi connectivity index (χ3v) is 4.87. The minimum Gasteiger partial charge on any atom is -0.294 e. The maximum absolute atomic E-state index is 13.1. The molecular formula is C16H15FO3S. The van der Waals surface area contributed by atoms with Crippen molar-refractivity contribution in [1.29, 1.82) is 0 Å². The first kappa shape index (κ1) is 15.4. The molecule has 110 valence electrons. The van der Waals surface area contributed by atoms with Crippen LogP contribution in [0.15, 0.2) is 59.5 Å². The van der Waals surface area contributed by atoms with Crippen molar-refractivity contribution in [2.75, 3.05) is 5.75 Å². The van der Waals surface area contributed by atoms with E-state index in [2.05, 4.69) is 0 Å². The Hall–Kier alpha value is -2.01. The van der Waals surface area contributed by atoms with E-state index >= 15 is 0 Å². The summed E-state index contributed by atoms with van der Waals surface area (Å²) in [5.41, 5.74) is 0.570. The van der Waals surface area contributed by atoms with Gasteiger partial charge in [-0.25, -0.2) is 12.8 Å². The monoisotopic (exact) mass is 306 g/mol. The lowest BCUT2D eigenvalue weighted by molar-refractivity contribution is 0.0982. The van der Waals surface area contributed by atoms with Crippen LogP contribution in [-0.4, -0.2) is 20.0 Å². The summed E-state index contributed by atoms with van der Waals surface area (Å²) in [6.07, 6.45) is 0.366. The summed E-state index contributed by atoms with van der Waals surface area (Å²) in [4.78, 5) is 11.8. The van der Waals surface area contributed by atoms with Gasteiger partial charge < -0.3 is 0 Å². The van der Waals surface area contributed by atoms with Crippen molar-refractivity contribution in [3.05, 3.63) is 66.0 Å². The van der Waals surface area contributed by atoms with Gasteiger partial charge in [-0.05, 0) is 24.6 Å². The molecule has 2 rings (SSSR count). The van der Waals surface area contributed by atoms with Gasteiger partial charge in [0.15, 0.2) is 15.6 Å². The molecule has 2 aromatic rings. The molecule has 0 unspecified atom stereocenters. The van der Waals surface area contributed by atoms with Crippen LogP contribution in [0.3, 0.4) is 0 Å². The van der Waals surface area contributed by atoms with Crippen LogP contribution in [-0.2, 0) is 9.84 Å². The SMILES string of the molecule is O=C(CCCS(=O)(=O)c1cccc(F)c1)c1ccccc1. The number of carbonyl (C=O) groups is 1. The highest BCUT2D eigenvalue weighted by atomic mass is 32.2. The number of rotatable bonds is 6. The number of sulfone groups is 1. The van der Waals surface area contributed by atoms with Crippen LogP contribution in [0.1, 0.15) is 23.2 Å². The molecule has 3 nitrogen and oxygen atoms in total. The van der Waals surface area contributed by atoms with E-state index in [-0.39, 0.29) is 29.3 Å². The molecule has 0 spiro atoms. The molecule has 0 saturated heterocycles. The summed E-state index contributed by atoms with van der Waals surface area (Å²) in [5, 5.41) is 0. The third kappa shape index (κ3) is 4.23. The molecular weight excluding hydrogens is 291 g/mol. The molecule has 0 aliphatic rings. The fourth-order valence-electron chi connectivity index (χ4n) is 1.97. The molecule has 0 radical (unpaired) electrons.